The van der Waals surface area contributed by atoms with Gasteiger partial charge in [0, 0.05) is 11.7 Å². The van der Waals surface area contributed by atoms with Crippen LogP contribution in [0.5, 0.6) is 0 Å². The number of urea groups is 1. The van der Waals surface area contributed by atoms with Crippen LogP contribution in [0.25, 0.3) is 10.2 Å². The number of thiazole rings is 1. The highest BCUT2D eigenvalue weighted by Gasteiger charge is 2.64. The fraction of sp³-hybridized carbons (Fsp3) is 0.318. The predicted molar refractivity (Wildman–Crippen MR) is 116 cm³/mol. The highest BCUT2D eigenvalue weighted by atomic mass is 32.1. The number of alkyl halides is 3. The Bertz CT molecular complexity index is 1240. The van der Waals surface area contributed by atoms with Gasteiger partial charge < -0.3 is 10.6 Å². The Balaban J connectivity index is 1.32. The third kappa shape index (κ3) is 4.50. The van der Waals surface area contributed by atoms with Gasteiger partial charge in [-0.25, -0.2) is 14.2 Å². The van der Waals surface area contributed by atoms with Crippen molar-refractivity contribution >= 4 is 44.3 Å². The molecule has 6 nitrogen and oxygen atoms in total. The van der Waals surface area contributed by atoms with Crippen molar-refractivity contribution in [3.8, 4) is 0 Å². The minimum atomic E-state index is -4.75. The summed E-state index contributed by atoms with van der Waals surface area (Å²) in [6, 6.07) is 8.27. The first-order valence-electron chi connectivity index (χ1n) is 10.2. The minimum absolute atomic E-state index is 0.0441. The summed E-state index contributed by atoms with van der Waals surface area (Å²) >= 11 is 0.986. The summed E-state index contributed by atoms with van der Waals surface area (Å²) in [6.07, 6.45) is -2.10. The van der Waals surface area contributed by atoms with Gasteiger partial charge in [0.05, 0.1) is 10.2 Å². The molecule has 0 radical (unpaired) electrons. The zero-order valence-electron chi connectivity index (χ0n) is 17.0. The van der Waals surface area contributed by atoms with Crippen LogP contribution < -0.4 is 16.0 Å². The monoisotopic (exact) mass is 478 g/mol. The second-order valence-electron chi connectivity index (χ2n) is 8.43. The Morgan fingerprint density at radius 2 is 1.82 bits per heavy atom. The highest BCUT2D eigenvalue weighted by Crippen LogP contribution is 2.66. The molecule has 3 aromatic rings. The Kier molecular flexibility index (Phi) is 5.04. The molecule has 0 saturated heterocycles. The maximum atomic E-state index is 13.8. The Morgan fingerprint density at radius 3 is 2.45 bits per heavy atom. The van der Waals surface area contributed by atoms with E-state index in [-0.39, 0.29) is 22.2 Å². The number of rotatable bonds is 5. The van der Waals surface area contributed by atoms with E-state index in [0.29, 0.717) is 15.9 Å². The summed E-state index contributed by atoms with van der Waals surface area (Å²) in [4.78, 5) is 28.9. The van der Waals surface area contributed by atoms with Crippen LogP contribution in [0, 0.1) is 11.2 Å². The average molecular weight is 478 g/mol. The van der Waals surface area contributed by atoms with E-state index in [1.54, 1.807) is 0 Å². The molecule has 0 aliphatic heterocycles. The third-order valence-corrected chi connectivity index (χ3v) is 6.99. The number of carbonyl (C=O) groups is 2. The maximum absolute atomic E-state index is 13.8. The Hall–Kier alpha value is -3.21. The van der Waals surface area contributed by atoms with Crippen molar-refractivity contribution in [3.05, 3.63) is 53.8 Å². The second kappa shape index (κ2) is 7.68. The SMILES string of the molecule is O=C(Nc1ccc(F)cc1)Nc1nc2ccc(C(C(=O)NC3CC34CC4)C(F)(F)F)cc2s1. The zero-order valence-corrected chi connectivity index (χ0v) is 17.8. The molecule has 33 heavy (non-hydrogen) atoms. The molecule has 2 atom stereocenters. The molecule has 3 amide bonds. The molecule has 172 valence electrons. The van der Waals surface area contributed by atoms with Gasteiger partial charge in [0.2, 0.25) is 5.91 Å². The van der Waals surface area contributed by atoms with Gasteiger partial charge in [-0.15, -0.1) is 0 Å². The standard InChI is InChI=1S/C22H18F4N4O2S/c23-12-2-4-13(5-3-12)27-19(32)30-20-28-14-6-1-11(9-15(14)33-20)17(22(24,25)26)18(31)29-16-10-21(16)7-8-21/h1-6,9,16-17H,7-8,10H2,(H,29,31)(H2,27,28,30,32). The molecular formula is C22H18F4N4O2S. The van der Waals surface area contributed by atoms with E-state index in [4.69, 9.17) is 0 Å². The second-order valence-corrected chi connectivity index (χ2v) is 9.47. The van der Waals surface area contributed by atoms with Crippen molar-refractivity contribution in [2.75, 3.05) is 10.6 Å². The Labute approximate surface area is 189 Å². The molecule has 2 aliphatic carbocycles. The summed E-state index contributed by atoms with van der Waals surface area (Å²) < 4.78 is 54.7. The van der Waals surface area contributed by atoms with Crippen LogP contribution in [0.2, 0.25) is 0 Å². The predicted octanol–water partition coefficient (Wildman–Crippen LogP) is 5.39. The lowest BCUT2D eigenvalue weighted by molar-refractivity contribution is -0.165. The van der Waals surface area contributed by atoms with Gasteiger partial charge >= 0.3 is 12.2 Å². The molecule has 11 heteroatoms. The molecular weight excluding hydrogens is 460 g/mol. The van der Waals surface area contributed by atoms with Gasteiger partial charge in [-0.05, 0) is 66.6 Å². The quantitative estimate of drug-likeness (QED) is 0.430. The molecule has 2 aliphatic rings. The topological polar surface area (TPSA) is 83.1 Å². The van der Waals surface area contributed by atoms with Crippen LogP contribution in [0.4, 0.5) is 33.2 Å². The molecule has 5 rings (SSSR count). The van der Waals surface area contributed by atoms with Crippen molar-refractivity contribution in [1.29, 1.82) is 0 Å². The van der Waals surface area contributed by atoms with E-state index in [0.717, 1.165) is 30.6 Å². The molecule has 2 aromatic carbocycles. The third-order valence-electron chi connectivity index (χ3n) is 6.06. The molecule has 0 bridgehead atoms. The first-order valence-corrected chi connectivity index (χ1v) is 11.1. The summed E-state index contributed by atoms with van der Waals surface area (Å²) in [5.41, 5.74) is 0.618. The van der Waals surface area contributed by atoms with Gasteiger partial charge in [-0.3, -0.25) is 10.1 Å². The van der Waals surface area contributed by atoms with Gasteiger partial charge in [0.1, 0.15) is 5.82 Å². The zero-order chi connectivity index (χ0) is 23.4. The normalized spacial score (nSPS) is 19.2. The Morgan fingerprint density at radius 1 is 1.09 bits per heavy atom. The minimum Gasteiger partial charge on any atom is -0.352 e. The lowest BCUT2D eigenvalue weighted by atomic mass is 9.97. The van der Waals surface area contributed by atoms with Gasteiger partial charge in [0.25, 0.3) is 0 Å². The number of nitrogens with one attached hydrogen (secondary N) is 3. The van der Waals surface area contributed by atoms with Crippen molar-refractivity contribution in [2.45, 2.75) is 37.4 Å². The van der Waals surface area contributed by atoms with Crippen LogP contribution in [0.15, 0.2) is 42.5 Å². The molecule has 2 unspecified atom stereocenters. The van der Waals surface area contributed by atoms with Gasteiger partial charge in [-0.2, -0.15) is 13.2 Å². The largest absolute Gasteiger partial charge is 0.404 e. The molecule has 2 fully saturated rings. The summed E-state index contributed by atoms with van der Waals surface area (Å²) in [7, 11) is 0. The van der Waals surface area contributed by atoms with E-state index < -0.39 is 29.8 Å². The molecule has 3 N–H and O–H groups in total. The van der Waals surface area contributed by atoms with Crippen LogP contribution in [-0.2, 0) is 4.79 Å². The molecule has 1 spiro atoms. The number of fused-ring (bicyclic) bond motifs is 1. The van der Waals surface area contributed by atoms with Crippen LogP contribution in [-0.4, -0.2) is 29.1 Å². The number of hydrogen-bond acceptors (Lipinski definition) is 4. The van der Waals surface area contributed by atoms with E-state index in [1.807, 2.05) is 0 Å². The van der Waals surface area contributed by atoms with Crippen molar-refractivity contribution < 1.29 is 27.2 Å². The molecule has 1 aromatic heterocycles. The number of amides is 3. The summed E-state index contributed by atoms with van der Waals surface area (Å²) in [5.74, 6) is -3.77. The van der Waals surface area contributed by atoms with Crippen LogP contribution >= 0.6 is 11.3 Å². The van der Waals surface area contributed by atoms with Crippen molar-refractivity contribution in [2.24, 2.45) is 5.41 Å². The number of halogens is 4. The fourth-order valence-corrected chi connectivity index (χ4v) is 4.89. The highest BCUT2D eigenvalue weighted by molar-refractivity contribution is 7.22. The molecule has 1 heterocycles. The lowest BCUT2D eigenvalue weighted by Gasteiger charge is -2.20. The van der Waals surface area contributed by atoms with E-state index in [2.05, 4.69) is 20.9 Å². The molecule has 2 saturated carbocycles. The number of carbonyl (C=O) groups excluding carboxylic acids is 2. The fourth-order valence-electron chi connectivity index (χ4n) is 3.98. The van der Waals surface area contributed by atoms with Crippen molar-refractivity contribution in [3.63, 3.8) is 0 Å². The number of aromatic nitrogens is 1. The number of benzene rings is 2. The average Bonchev–Trinajstić information content (AvgIpc) is 3.60. The first-order chi connectivity index (χ1) is 15.6. The summed E-state index contributed by atoms with van der Waals surface area (Å²) in [5, 5.41) is 7.75. The maximum Gasteiger partial charge on any atom is 0.404 e. The van der Waals surface area contributed by atoms with Gasteiger partial charge in [0.15, 0.2) is 11.0 Å². The van der Waals surface area contributed by atoms with Crippen LogP contribution in [0.1, 0.15) is 30.7 Å². The van der Waals surface area contributed by atoms with Crippen molar-refractivity contribution in [1.82, 2.24) is 10.3 Å². The van der Waals surface area contributed by atoms with E-state index in [1.165, 1.54) is 42.5 Å². The summed E-state index contributed by atoms with van der Waals surface area (Å²) in [6.45, 7) is 0. The number of nitrogens with zero attached hydrogens (tertiary/aromatic N) is 1. The van der Waals surface area contributed by atoms with E-state index in [9.17, 15) is 27.2 Å². The smallest absolute Gasteiger partial charge is 0.352 e. The number of anilines is 2. The number of hydrogen-bond donors (Lipinski definition) is 3. The first kappa shape index (κ1) is 21.6. The van der Waals surface area contributed by atoms with Crippen LogP contribution in [0.3, 0.4) is 0 Å². The van der Waals surface area contributed by atoms with Gasteiger partial charge in [-0.1, -0.05) is 17.4 Å². The van der Waals surface area contributed by atoms with E-state index >= 15 is 0 Å². The lowest BCUT2D eigenvalue weighted by Crippen LogP contribution is -2.39.